The molecule has 3 rings (SSSR count). The van der Waals surface area contributed by atoms with Gasteiger partial charge in [0, 0.05) is 10.9 Å². The molecule has 1 aliphatic rings. The number of benzene rings is 1. The van der Waals surface area contributed by atoms with Crippen LogP contribution >= 0.6 is 11.3 Å². The van der Waals surface area contributed by atoms with Gasteiger partial charge in [0.15, 0.2) is 0 Å². The Hall–Kier alpha value is -1.19. The number of thiazole rings is 1. The van der Waals surface area contributed by atoms with Gasteiger partial charge in [0.1, 0.15) is 5.01 Å². The van der Waals surface area contributed by atoms with Crippen molar-refractivity contribution in [1.29, 1.82) is 0 Å². The molecule has 0 radical (unpaired) electrons. The van der Waals surface area contributed by atoms with E-state index in [0.717, 1.165) is 12.8 Å². The quantitative estimate of drug-likeness (QED) is 0.857. The number of nitrogens with zero attached hydrogens (tertiary/aromatic N) is 1. The zero-order valence-corrected chi connectivity index (χ0v) is 14.0. The molecule has 1 unspecified atom stereocenters. The third kappa shape index (κ3) is 3.53. The van der Waals surface area contributed by atoms with Crippen molar-refractivity contribution in [2.24, 2.45) is 0 Å². The zero-order valence-electron chi connectivity index (χ0n) is 13.1. The summed E-state index contributed by atoms with van der Waals surface area (Å²) >= 11 is 1.85. The van der Waals surface area contributed by atoms with Gasteiger partial charge >= 0.3 is 0 Å². The minimum absolute atomic E-state index is 0.000689. The zero-order chi connectivity index (χ0) is 14.9. The molecular formula is C18H24N2S. The van der Waals surface area contributed by atoms with Gasteiger partial charge in [0.05, 0.1) is 11.2 Å². The Bertz CT molecular complexity index is 581. The lowest BCUT2D eigenvalue weighted by Crippen LogP contribution is -2.41. The Morgan fingerprint density at radius 1 is 1.24 bits per heavy atom. The monoisotopic (exact) mass is 300 g/mol. The van der Waals surface area contributed by atoms with Crippen LogP contribution in [-0.4, -0.2) is 11.0 Å². The maximum absolute atomic E-state index is 4.83. The first kappa shape index (κ1) is 14.7. The second kappa shape index (κ2) is 5.90. The van der Waals surface area contributed by atoms with Crippen molar-refractivity contribution in [3.05, 3.63) is 51.5 Å². The first-order valence-corrected chi connectivity index (χ1v) is 8.64. The molecule has 0 amide bonds. The van der Waals surface area contributed by atoms with Gasteiger partial charge in [0.2, 0.25) is 0 Å². The van der Waals surface area contributed by atoms with Crippen molar-refractivity contribution in [1.82, 2.24) is 10.3 Å². The van der Waals surface area contributed by atoms with Crippen molar-refractivity contribution in [3.8, 4) is 0 Å². The fourth-order valence-electron chi connectivity index (χ4n) is 2.67. The molecule has 1 aromatic carbocycles. The number of nitrogens with one attached hydrogen (secondary N) is 1. The van der Waals surface area contributed by atoms with Gasteiger partial charge in [-0.15, -0.1) is 11.3 Å². The number of aromatic nitrogens is 1. The fourth-order valence-corrected chi connectivity index (χ4v) is 3.72. The van der Waals surface area contributed by atoms with E-state index in [2.05, 4.69) is 56.4 Å². The van der Waals surface area contributed by atoms with E-state index in [1.54, 1.807) is 0 Å². The van der Waals surface area contributed by atoms with Gasteiger partial charge < -0.3 is 5.32 Å². The maximum atomic E-state index is 4.83. The summed E-state index contributed by atoms with van der Waals surface area (Å²) in [7, 11) is 0. The number of aryl methyl sites for hydroxylation is 3. The normalized spacial score (nSPS) is 17.7. The highest BCUT2D eigenvalue weighted by molar-refractivity contribution is 7.11. The van der Waals surface area contributed by atoms with E-state index in [9.17, 15) is 0 Å². The summed E-state index contributed by atoms with van der Waals surface area (Å²) in [5, 5.41) is 5.09. The minimum atomic E-state index is 0.000689. The third-order valence-corrected chi connectivity index (χ3v) is 5.69. The standard InChI is InChI=1S/C18H24N2S/c1-13-14(2)21-17(19-13)18(3,20-16-9-10-16)12-11-15-7-5-4-6-8-15/h4-8,16,20H,9-12H2,1-3H3. The van der Waals surface area contributed by atoms with E-state index in [4.69, 9.17) is 4.98 Å². The summed E-state index contributed by atoms with van der Waals surface area (Å²) in [6.07, 6.45) is 4.81. The molecular weight excluding hydrogens is 276 g/mol. The lowest BCUT2D eigenvalue weighted by Gasteiger charge is -2.29. The summed E-state index contributed by atoms with van der Waals surface area (Å²) in [5.74, 6) is 0. The summed E-state index contributed by atoms with van der Waals surface area (Å²) in [6.45, 7) is 6.61. The summed E-state index contributed by atoms with van der Waals surface area (Å²) < 4.78 is 0. The van der Waals surface area contributed by atoms with Crippen LogP contribution in [0, 0.1) is 13.8 Å². The smallest absolute Gasteiger partial charge is 0.113 e. The Kier molecular flexibility index (Phi) is 4.14. The highest BCUT2D eigenvalue weighted by atomic mass is 32.1. The molecule has 2 aromatic rings. The Morgan fingerprint density at radius 3 is 2.52 bits per heavy atom. The predicted molar refractivity (Wildman–Crippen MR) is 89.9 cm³/mol. The maximum Gasteiger partial charge on any atom is 0.113 e. The topological polar surface area (TPSA) is 24.9 Å². The van der Waals surface area contributed by atoms with E-state index >= 15 is 0 Å². The van der Waals surface area contributed by atoms with E-state index in [1.165, 1.54) is 34.0 Å². The molecule has 0 bridgehead atoms. The highest BCUT2D eigenvalue weighted by Crippen LogP contribution is 2.35. The van der Waals surface area contributed by atoms with Crippen LogP contribution in [0.2, 0.25) is 0 Å². The Balaban J connectivity index is 1.78. The van der Waals surface area contributed by atoms with Crippen molar-refractivity contribution < 1.29 is 0 Å². The first-order valence-electron chi connectivity index (χ1n) is 7.83. The van der Waals surface area contributed by atoms with Crippen LogP contribution in [0.4, 0.5) is 0 Å². The molecule has 0 saturated heterocycles. The van der Waals surface area contributed by atoms with Gasteiger partial charge in [-0.1, -0.05) is 30.3 Å². The van der Waals surface area contributed by atoms with Crippen LogP contribution in [0.5, 0.6) is 0 Å². The van der Waals surface area contributed by atoms with Gasteiger partial charge in [-0.2, -0.15) is 0 Å². The molecule has 2 nitrogen and oxygen atoms in total. The van der Waals surface area contributed by atoms with E-state index in [-0.39, 0.29) is 5.54 Å². The van der Waals surface area contributed by atoms with E-state index in [0.29, 0.717) is 6.04 Å². The average Bonchev–Trinajstić information content (AvgIpc) is 3.22. The van der Waals surface area contributed by atoms with E-state index in [1.807, 2.05) is 11.3 Å². The number of hydrogen-bond donors (Lipinski definition) is 1. The number of rotatable bonds is 6. The molecule has 1 aromatic heterocycles. The van der Waals surface area contributed by atoms with Crippen LogP contribution in [0.25, 0.3) is 0 Å². The molecule has 112 valence electrons. The molecule has 1 N–H and O–H groups in total. The average molecular weight is 300 g/mol. The molecule has 0 spiro atoms. The Morgan fingerprint density at radius 2 is 1.95 bits per heavy atom. The minimum Gasteiger partial charge on any atom is -0.303 e. The molecule has 0 aliphatic heterocycles. The molecule has 1 atom stereocenters. The van der Waals surface area contributed by atoms with Crippen LogP contribution < -0.4 is 5.32 Å². The van der Waals surface area contributed by atoms with Gasteiger partial charge in [-0.3, -0.25) is 0 Å². The van der Waals surface area contributed by atoms with Gasteiger partial charge in [0.25, 0.3) is 0 Å². The van der Waals surface area contributed by atoms with Gasteiger partial charge in [-0.05, 0) is 52.0 Å². The molecule has 1 aliphatic carbocycles. The van der Waals surface area contributed by atoms with E-state index < -0.39 is 0 Å². The second-order valence-corrected chi connectivity index (χ2v) is 7.60. The lowest BCUT2D eigenvalue weighted by molar-refractivity contribution is 0.334. The van der Waals surface area contributed by atoms with Gasteiger partial charge in [-0.25, -0.2) is 4.98 Å². The van der Waals surface area contributed by atoms with Crippen molar-refractivity contribution in [2.75, 3.05) is 0 Å². The predicted octanol–water partition coefficient (Wildman–Crippen LogP) is 4.36. The highest BCUT2D eigenvalue weighted by Gasteiger charge is 2.36. The Labute approximate surface area is 131 Å². The molecule has 1 saturated carbocycles. The molecule has 1 fully saturated rings. The third-order valence-electron chi connectivity index (χ3n) is 4.36. The summed E-state index contributed by atoms with van der Waals surface area (Å²) in [4.78, 5) is 6.17. The molecule has 1 heterocycles. The van der Waals surface area contributed by atoms with Crippen molar-refractivity contribution in [2.45, 2.75) is 58.0 Å². The SMILES string of the molecule is Cc1nc(C(C)(CCc2ccccc2)NC2CC2)sc1C. The van der Waals surface area contributed by atoms with Crippen LogP contribution in [0.15, 0.2) is 30.3 Å². The largest absolute Gasteiger partial charge is 0.303 e. The van der Waals surface area contributed by atoms with Crippen LogP contribution in [0.1, 0.15) is 47.3 Å². The summed E-state index contributed by atoms with van der Waals surface area (Å²) in [5.41, 5.74) is 2.59. The van der Waals surface area contributed by atoms with Crippen molar-refractivity contribution >= 4 is 11.3 Å². The lowest BCUT2D eigenvalue weighted by atomic mass is 9.93. The number of hydrogen-bond acceptors (Lipinski definition) is 3. The van der Waals surface area contributed by atoms with Crippen LogP contribution in [0.3, 0.4) is 0 Å². The molecule has 3 heteroatoms. The molecule has 21 heavy (non-hydrogen) atoms. The summed E-state index contributed by atoms with van der Waals surface area (Å²) in [6, 6.07) is 11.5. The van der Waals surface area contributed by atoms with Crippen molar-refractivity contribution in [3.63, 3.8) is 0 Å². The fraction of sp³-hybridized carbons (Fsp3) is 0.500. The second-order valence-electron chi connectivity index (χ2n) is 6.40. The first-order chi connectivity index (χ1) is 10.1. The van der Waals surface area contributed by atoms with Crippen LogP contribution in [-0.2, 0) is 12.0 Å².